The molecule has 0 saturated carbocycles. The lowest BCUT2D eigenvalue weighted by atomic mass is 9.83. The van der Waals surface area contributed by atoms with Crippen molar-refractivity contribution in [2.24, 2.45) is 0 Å². The molecule has 0 aliphatic heterocycles. The molecule has 1 aliphatic carbocycles. The Hall–Kier alpha value is -2.82. The number of fused-ring (bicyclic) bond motifs is 2. The number of carbonyl (C=O) groups excluding carboxylic acids is 2. The van der Waals surface area contributed by atoms with Crippen LogP contribution in [0, 0.1) is 0 Å². The summed E-state index contributed by atoms with van der Waals surface area (Å²) in [6, 6.07) is 7.04. The van der Waals surface area contributed by atoms with Gasteiger partial charge in [-0.25, -0.2) is 0 Å². The number of hydrogen-bond donors (Lipinski definition) is 3. The molecule has 1 aliphatic rings. The van der Waals surface area contributed by atoms with E-state index in [4.69, 9.17) is 11.5 Å². The largest absolute Gasteiger partial charge is 0.508 e. The van der Waals surface area contributed by atoms with Crippen molar-refractivity contribution in [3.05, 3.63) is 52.6 Å². The van der Waals surface area contributed by atoms with E-state index < -0.39 is 0 Å². The van der Waals surface area contributed by atoms with Crippen molar-refractivity contribution < 1.29 is 14.7 Å². The number of phenols is 1. The van der Waals surface area contributed by atoms with Gasteiger partial charge in [0.25, 0.3) is 0 Å². The summed E-state index contributed by atoms with van der Waals surface area (Å²) >= 11 is 0. The van der Waals surface area contributed by atoms with Crippen molar-refractivity contribution in [3.63, 3.8) is 0 Å². The van der Waals surface area contributed by atoms with Gasteiger partial charge in [-0.1, -0.05) is 0 Å². The van der Waals surface area contributed by atoms with Gasteiger partial charge in [-0.3, -0.25) is 9.59 Å². The average Bonchev–Trinajstić information content (AvgIpc) is 2.35. The minimum absolute atomic E-state index is 0.0934. The minimum atomic E-state index is -0.362. The van der Waals surface area contributed by atoms with Crippen LogP contribution in [0.4, 0.5) is 11.4 Å². The fourth-order valence-corrected chi connectivity index (χ4v) is 2.31. The van der Waals surface area contributed by atoms with E-state index in [9.17, 15) is 14.7 Å². The molecule has 0 radical (unpaired) electrons. The Morgan fingerprint density at radius 1 is 0.842 bits per heavy atom. The maximum Gasteiger partial charge on any atom is 0.196 e. The summed E-state index contributed by atoms with van der Waals surface area (Å²) in [5.41, 5.74) is 12.6. The van der Waals surface area contributed by atoms with Crippen LogP contribution in [-0.4, -0.2) is 16.7 Å². The van der Waals surface area contributed by atoms with Crippen LogP contribution < -0.4 is 11.5 Å². The van der Waals surface area contributed by atoms with Crippen molar-refractivity contribution in [1.82, 2.24) is 0 Å². The first-order valence-corrected chi connectivity index (χ1v) is 5.60. The van der Waals surface area contributed by atoms with Gasteiger partial charge in [0.1, 0.15) is 5.75 Å². The molecule has 2 aromatic rings. The summed E-state index contributed by atoms with van der Waals surface area (Å²) < 4.78 is 0. The third-order valence-corrected chi connectivity index (χ3v) is 3.16. The van der Waals surface area contributed by atoms with Crippen LogP contribution >= 0.6 is 0 Å². The van der Waals surface area contributed by atoms with Crippen molar-refractivity contribution in [2.75, 3.05) is 11.5 Å². The maximum absolute atomic E-state index is 12.3. The second-order valence-corrected chi connectivity index (χ2v) is 4.42. The van der Waals surface area contributed by atoms with E-state index in [1.54, 1.807) is 6.07 Å². The van der Waals surface area contributed by atoms with Gasteiger partial charge in [0.05, 0.1) is 5.56 Å². The van der Waals surface area contributed by atoms with Gasteiger partial charge in [-0.2, -0.15) is 0 Å². The topological polar surface area (TPSA) is 106 Å². The Morgan fingerprint density at radius 3 is 2.32 bits per heavy atom. The maximum atomic E-state index is 12.3. The second-order valence-electron chi connectivity index (χ2n) is 4.42. The number of ketones is 2. The van der Waals surface area contributed by atoms with Crippen LogP contribution in [0.3, 0.4) is 0 Å². The summed E-state index contributed by atoms with van der Waals surface area (Å²) in [6.45, 7) is 0. The Balaban J connectivity index is 2.36. The summed E-state index contributed by atoms with van der Waals surface area (Å²) in [4.78, 5) is 24.7. The van der Waals surface area contributed by atoms with Gasteiger partial charge >= 0.3 is 0 Å². The van der Waals surface area contributed by atoms with E-state index in [1.165, 1.54) is 24.3 Å². The molecule has 19 heavy (non-hydrogen) atoms. The molecule has 0 heterocycles. The number of nitrogen functional groups attached to an aromatic ring is 2. The summed E-state index contributed by atoms with van der Waals surface area (Å²) in [5, 5.41) is 9.51. The zero-order chi connectivity index (χ0) is 13.7. The van der Waals surface area contributed by atoms with Gasteiger partial charge in [0, 0.05) is 34.1 Å². The number of carbonyl (C=O) groups is 2. The first-order valence-electron chi connectivity index (χ1n) is 5.60. The van der Waals surface area contributed by atoms with Crippen LogP contribution in [0.5, 0.6) is 5.75 Å². The highest BCUT2D eigenvalue weighted by atomic mass is 16.3. The first kappa shape index (κ1) is 11.3. The second kappa shape index (κ2) is 3.58. The number of aromatic hydroxyl groups is 1. The molecule has 0 atom stereocenters. The van der Waals surface area contributed by atoms with Gasteiger partial charge < -0.3 is 16.6 Å². The number of phenolic OH excluding ortho intramolecular Hbond substituents is 1. The fraction of sp³-hybridized carbons (Fsp3) is 0. The van der Waals surface area contributed by atoms with Crippen LogP contribution in [0.15, 0.2) is 30.3 Å². The Morgan fingerprint density at radius 2 is 1.58 bits per heavy atom. The highest BCUT2D eigenvalue weighted by Gasteiger charge is 2.31. The third-order valence-electron chi connectivity index (χ3n) is 3.16. The zero-order valence-electron chi connectivity index (χ0n) is 9.81. The summed E-state index contributed by atoms with van der Waals surface area (Å²) in [6.07, 6.45) is 0. The van der Waals surface area contributed by atoms with Crippen LogP contribution in [0.25, 0.3) is 0 Å². The molecular weight excluding hydrogens is 244 g/mol. The number of hydrogen-bond acceptors (Lipinski definition) is 5. The monoisotopic (exact) mass is 254 g/mol. The molecule has 5 N–H and O–H groups in total. The molecule has 0 fully saturated rings. The van der Waals surface area contributed by atoms with E-state index >= 15 is 0 Å². The molecule has 0 aromatic heterocycles. The predicted octanol–water partition coefficient (Wildman–Crippen LogP) is 1.33. The van der Waals surface area contributed by atoms with E-state index in [0.29, 0.717) is 5.69 Å². The van der Waals surface area contributed by atoms with Crippen LogP contribution in [0.2, 0.25) is 0 Å². The fourth-order valence-electron chi connectivity index (χ4n) is 2.31. The Bertz CT molecular complexity index is 751. The highest BCUT2D eigenvalue weighted by molar-refractivity contribution is 6.30. The lowest BCUT2D eigenvalue weighted by Gasteiger charge is -2.19. The molecular formula is C14H10N2O3. The van der Waals surface area contributed by atoms with Gasteiger partial charge in [-0.15, -0.1) is 0 Å². The first-order chi connectivity index (χ1) is 8.99. The molecule has 0 unspecified atom stereocenters. The molecule has 0 bridgehead atoms. The summed E-state index contributed by atoms with van der Waals surface area (Å²) in [5.74, 6) is -0.841. The van der Waals surface area contributed by atoms with Crippen LogP contribution in [0.1, 0.15) is 31.8 Å². The number of benzene rings is 2. The molecule has 0 amide bonds. The van der Waals surface area contributed by atoms with E-state index in [1.807, 2.05) is 0 Å². The highest BCUT2D eigenvalue weighted by Crippen LogP contribution is 2.34. The average molecular weight is 254 g/mol. The Labute approximate surface area is 108 Å². The standard InChI is InChI=1S/C14H10N2O3/c15-6-1-2-8-9(3-6)13(18)10-4-7(17)5-11(16)12(10)14(8)19/h1-5,17H,15-16H2. The number of anilines is 2. The summed E-state index contributed by atoms with van der Waals surface area (Å²) in [7, 11) is 0. The third kappa shape index (κ3) is 1.48. The normalized spacial score (nSPS) is 13.1. The Kier molecular flexibility index (Phi) is 2.13. The molecule has 0 spiro atoms. The van der Waals surface area contributed by atoms with Gasteiger partial charge in [0.2, 0.25) is 0 Å². The lowest BCUT2D eigenvalue weighted by molar-refractivity contribution is 0.0979. The molecule has 3 rings (SSSR count). The molecule has 0 saturated heterocycles. The predicted molar refractivity (Wildman–Crippen MR) is 70.2 cm³/mol. The zero-order valence-corrected chi connectivity index (χ0v) is 9.81. The number of nitrogens with two attached hydrogens (primary N) is 2. The van der Waals surface area contributed by atoms with Crippen molar-refractivity contribution >= 4 is 22.9 Å². The van der Waals surface area contributed by atoms with Gasteiger partial charge in [-0.05, 0) is 24.3 Å². The van der Waals surface area contributed by atoms with E-state index in [-0.39, 0.29) is 45.3 Å². The minimum Gasteiger partial charge on any atom is -0.508 e. The van der Waals surface area contributed by atoms with E-state index in [2.05, 4.69) is 0 Å². The molecule has 2 aromatic carbocycles. The molecule has 5 heteroatoms. The number of rotatable bonds is 0. The van der Waals surface area contributed by atoms with E-state index in [0.717, 1.165) is 0 Å². The SMILES string of the molecule is Nc1ccc2c(c1)C(=O)c1cc(O)cc(N)c1C2=O. The van der Waals surface area contributed by atoms with Crippen molar-refractivity contribution in [1.29, 1.82) is 0 Å². The smallest absolute Gasteiger partial charge is 0.196 e. The van der Waals surface area contributed by atoms with Gasteiger partial charge in [0.15, 0.2) is 11.6 Å². The quantitative estimate of drug-likeness (QED) is 0.525. The van der Waals surface area contributed by atoms with Crippen molar-refractivity contribution in [3.8, 4) is 5.75 Å². The van der Waals surface area contributed by atoms with Crippen LogP contribution in [-0.2, 0) is 0 Å². The molecule has 5 nitrogen and oxygen atoms in total. The lowest BCUT2D eigenvalue weighted by Crippen LogP contribution is -2.22. The van der Waals surface area contributed by atoms with Crippen molar-refractivity contribution in [2.45, 2.75) is 0 Å². The molecule has 94 valence electrons.